The molecule has 1 heteroatoms. The Morgan fingerprint density at radius 1 is 0.385 bits per heavy atom. The molecule has 1 rings (SSSR count). The number of hydrogen-bond donors (Lipinski definition) is 0. The maximum absolute atomic E-state index is 2.17. The van der Waals surface area contributed by atoms with Crippen LogP contribution in [0.1, 0.15) is 64.2 Å². The summed E-state index contributed by atoms with van der Waals surface area (Å²) in [7, 11) is 0. The molecule has 0 amide bonds. The molecule has 1 saturated heterocycles. The molecule has 1 heterocycles. The average Bonchev–Trinajstić information content (AvgIpc) is 2.18. The Bertz CT molecular complexity index is 53.2. The molecule has 0 bridgehead atoms. The van der Waals surface area contributed by atoms with Crippen molar-refractivity contribution in [3.05, 3.63) is 0 Å². The van der Waals surface area contributed by atoms with Crippen molar-refractivity contribution in [2.24, 2.45) is 0 Å². The minimum atomic E-state index is 1.42. The van der Waals surface area contributed by atoms with Crippen LogP contribution in [-0.2, 0) is 0 Å². The summed E-state index contributed by atoms with van der Waals surface area (Å²) >= 11 is 2.17. The second-order valence-corrected chi connectivity index (χ2v) is 5.37. The highest BCUT2D eigenvalue weighted by Crippen LogP contribution is 2.15. The maximum atomic E-state index is 2.17. The van der Waals surface area contributed by atoms with Gasteiger partial charge >= 0.3 is 0 Å². The highest BCUT2D eigenvalue weighted by Gasteiger charge is 1.96. The van der Waals surface area contributed by atoms with Crippen LogP contribution < -0.4 is 0 Å². The molecule has 13 heavy (non-hydrogen) atoms. The molecule has 0 unspecified atom stereocenters. The van der Waals surface area contributed by atoms with Crippen molar-refractivity contribution in [2.45, 2.75) is 64.2 Å². The SMILES string of the molecule is C1CCCCCCSCCCCC1. The van der Waals surface area contributed by atoms with E-state index in [1.165, 1.54) is 75.7 Å². The van der Waals surface area contributed by atoms with E-state index in [9.17, 15) is 0 Å². The summed E-state index contributed by atoms with van der Waals surface area (Å²) in [6.45, 7) is 0. The smallest absolute Gasteiger partial charge is 0.00675 e. The van der Waals surface area contributed by atoms with Crippen LogP contribution in [-0.4, -0.2) is 11.5 Å². The molecular weight excluding hydrogens is 176 g/mol. The van der Waals surface area contributed by atoms with Gasteiger partial charge in [-0.15, -0.1) is 0 Å². The minimum Gasteiger partial charge on any atom is -0.162 e. The van der Waals surface area contributed by atoms with Gasteiger partial charge in [-0.2, -0.15) is 11.8 Å². The summed E-state index contributed by atoms with van der Waals surface area (Å²) < 4.78 is 0. The summed E-state index contributed by atoms with van der Waals surface area (Å²) in [4.78, 5) is 0. The first-order valence-electron chi connectivity index (χ1n) is 6.08. The summed E-state index contributed by atoms with van der Waals surface area (Å²) in [6.07, 6.45) is 14.8. The van der Waals surface area contributed by atoms with Gasteiger partial charge in [0, 0.05) is 0 Å². The van der Waals surface area contributed by atoms with E-state index >= 15 is 0 Å². The molecule has 0 aliphatic carbocycles. The quantitative estimate of drug-likeness (QED) is 0.549. The van der Waals surface area contributed by atoms with Crippen LogP contribution in [0.4, 0.5) is 0 Å². The molecule has 0 aromatic rings. The van der Waals surface area contributed by atoms with Gasteiger partial charge in [0.15, 0.2) is 0 Å². The Hall–Kier alpha value is 0.350. The number of rotatable bonds is 0. The van der Waals surface area contributed by atoms with Crippen molar-refractivity contribution in [3.8, 4) is 0 Å². The molecule has 0 saturated carbocycles. The van der Waals surface area contributed by atoms with Gasteiger partial charge in [0.2, 0.25) is 0 Å². The molecule has 0 aromatic carbocycles. The highest BCUT2D eigenvalue weighted by molar-refractivity contribution is 7.99. The van der Waals surface area contributed by atoms with E-state index in [1.807, 2.05) is 0 Å². The van der Waals surface area contributed by atoms with Crippen LogP contribution >= 0.6 is 11.8 Å². The fraction of sp³-hybridized carbons (Fsp3) is 1.00. The molecule has 1 aliphatic rings. The largest absolute Gasteiger partial charge is 0.162 e. The molecule has 0 atom stereocenters. The third-order valence-corrected chi connectivity index (χ3v) is 3.98. The van der Waals surface area contributed by atoms with Crippen LogP contribution in [0.3, 0.4) is 0 Å². The van der Waals surface area contributed by atoms with Crippen molar-refractivity contribution in [1.29, 1.82) is 0 Å². The predicted octanol–water partition coefficient (Wildman–Crippen LogP) is 4.63. The lowest BCUT2D eigenvalue weighted by molar-refractivity contribution is 0.566. The van der Waals surface area contributed by atoms with E-state index in [0.717, 1.165) is 0 Å². The first-order valence-corrected chi connectivity index (χ1v) is 7.23. The Labute approximate surface area is 87.9 Å². The van der Waals surface area contributed by atoms with Crippen molar-refractivity contribution in [3.63, 3.8) is 0 Å². The lowest BCUT2D eigenvalue weighted by Crippen LogP contribution is -1.84. The third-order valence-electron chi connectivity index (χ3n) is 2.83. The normalized spacial score (nSPS) is 24.0. The van der Waals surface area contributed by atoms with Crippen molar-refractivity contribution >= 4 is 11.8 Å². The standard InChI is InChI=1S/C12H24S/c1-2-4-6-8-10-12-13-11-9-7-5-3-1/h1-12H2. The molecule has 0 nitrogen and oxygen atoms in total. The second-order valence-electron chi connectivity index (χ2n) is 4.15. The van der Waals surface area contributed by atoms with Crippen LogP contribution in [0.15, 0.2) is 0 Å². The van der Waals surface area contributed by atoms with Crippen LogP contribution in [0.25, 0.3) is 0 Å². The molecule has 1 aliphatic heterocycles. The van der Waals surface area contributed by atoms with E-state index in [0.29, 0.717) is 0 Å². The van der Waals surface area contributed by atoms with Gasteiger partial charge in [-0.25, -0.2) is 0 Å². The van der Waals surface area contributed by atoms with Crippen molar-refractivity contribution in [2.75, 3.05) is 11.5 Å². The van der Waals surface area contributed by atoms with E-state index in [-0.39, 0.29) is 0 Å². The Kier molecular flexibility index (Phi) is 7.85. The lowest BCUT2D eigenvalue weighted by atomic mass is 10.1. The van der Waals surface area contributed by atoms with Gasteiger partial charge in [0.25, 0.3) is 0 Å². The van der Waals surface area contributed by atoms with Gasteiger partial charge in [0.1, 0.15) is 0 Å². The van der Waals surface area contributed by atoms with Gasteiger partial charge in [-0.1, -0.05) is 51.4 Å². The molecule has 0 spiro atoms. The molecule has 0 aromatic heterocycles. The molecule has 0 N–H and O–H groups in total. The van der Waals surface area contributed by atoms with Crippen molar-refractivity contribution in [1.82, 2.24) is 0 Å². The molecule has 0 radical (unpaired) electrons. The second kappa shape index (κ2) is 8.93. The Balaban J connectivity index is 2.01. The first-order chi connectivity index (χ1) is 6.50. The fourth-order valence-corrected chi connectivity index (χ4v) is 2.95. The topological polar surface area (TPSA) is 0 Å². The molecule has 78 valence electrons. The fourth-order valence-electron chi connectivity index (χ4n) is 1.92. The average molecular weight is 200 g/mol. The highest BCUT2D eigenvalue weighted by atomic mass is 32.2. The predicted molar refractivity (Wildman–Crippen MR) is 63.5 cm³/mol. The number of hydrogen-bond acceptors (Lipinski definition) is 1. The van der Waals surface area contributed by atoms with E-state index in [4.69, 9.17) is 0 Å². The van der Waals surface area contributed by atoms with Crippen LogP contribution in [0, 0.1) is 0 Å². The minimum absolute atomic E-state index is 1.42. The zero-order valence-electron chi connectivity index (χ0n) is 8.89. The maximum Gasteiger partial charge on any atom is -0.00675 e. The van der Waals surface area contributed by atoms with Gasteiger partial charge in [-0.05, 0) is 24.3 Å². The molecule has 1 fully saturated rings. The van der Waals surface area contributed by atoms with Gasteiger partial charge < -0.3 is 0 Å². The summed E-state index contributed by atoms with van der Waals surface area (Å²) in [5, 5.41) is 0. The summed E-state index contributed by atoms with van der Waals surface area (Å²) in [5.74, 6) is 2.83. The zero-order valence-corrected chi connectivity index (χ0v) is 9.71. The monoisotopic (exact) mass is 200 g/mol. The summed E-state index contributed by atoms with van der Waals surface area (Å²) in [6, 6.07) is 0. The Morgan fingerprint density at radius 2 is 0.692 bits per heavy atom. The first kappa shape index (κ1) is 11.4. The van der Waals surface area contributed by atoms with Gasteiger partial charge in [0.05, 0.1) is 0 Å². The Morgan fingerprint density at radius 3 is 1.08 bits per heavy atom. The third kappa shape index (κ3) is 7.42. The van der Waals surface area contributed by atoms with E-state index < -0.39 is 0 Å². The van der Waals surface area contributed by atoms with Crippen molar-refractivity contribution < 1.29 is 0 Å². The lowest BCUT2D eigenvalue weighted by Gasteiger charge is -2.00. The van der Waals surface area contributed by atoms with Crippen LogP contribution in [0.5, 0.6) is 0 Å². The summed E-state index contributed by atoms with van der Waals surface area (Å²) in [5.41, 5.74) is 0. The molecular formula is C12H24S. The van der Waals surface area contributed by atoms with E-state index in [1.54, 1.807) is 0 Å². The van der Waals surface area contributed by atoms with Crippen LogP contribution in [0.2, 0.25) is 0 Å². The number of thioether (sulfide) groups is 1. The zero-order chi connectivity index (χ0) is 9.19. The van der Waals surface area contributed by atoms with Gasteiger partial charge in [-0.3, -0.25) is 0 Å². The van der Waals surface area contributed by atoms with E-state index in [2.05, 4.69) is 11.8 Å².